The molecule has 1 aromatic carbocycles. The second kappa shape index (κ2) is 8.54. The number of carbonyl (C=O) groups is 1. The van der Waals surface area contributed by atoms with E-state index in [0.29, 0.717) is 19.0 Å². The van der Waals surface area contributed by atoms with Gasteiger partial charge in [-0.3, -0.25) is 4.79 Å². The minimum atomic E-state index is 0.0908. The number of benzene rings is 1. The fraction of sp³-hybridized carbons (Fsp3) is 0.450. The van der Waals surface area contributed by atoms with E-state index in [4.69, 9.17) is 4.74 Å². The lowest BCUT2D eigenvalue weighted by Gasteiger charge is -2.32. The van der Waals surface area contributed by atoms with Gasteiger partial charge < -0.3 is 9.64 Å². The highest BCUT2D eigenvalue weighted by Gasteiger charge is 2.26. The van der Waals surface area contributed by atoms with Crippen LogP contribution in [0.4, 0.5) is 0 Å². The van der Waals surface area contributed by atoms with Crippen molar-refractivity contribution in [3.8, 4) is 5.88 Å². The molecule has 1 fully saturated rings. The molecular weight excluding hydrogens is 346 g/mol. The first-order chi connectivity index (χ1) is 12.6. The van der Waals surface area contributed by atoms with Crippen molar-refractivity contribution >= 4 is 17.7 Å². The van der Waals surface area contributed by atoms with Crippen molar-refractivity contribution in [2.75, 3.05) is 18.8 Å². The third kappa shape index (κ3) is 4.55. The molecule has 0 saturated carbocycles. The molecule has 3 rings (SSSR count). The van der Waals surface area contributed by atoms with E-state index in [0.717, 1.165) is 40.6 Å². The van der Waals surface area contributed by atoms with Crippen LogP contribution in [0.1, 0.15) is 41.6 Å². The Hall–Kier alpha value is -2.08. The number of carbonyl (C=O) groups excluding carboxylic acids is 1. The van der Waals surface area contributed by atoms with Gasteiger partial charge >= 0.3 is 0 Å². The van der Waals surface area contributed by atoms with Gasteiger partial charge in [0.1, 0.15) is 11.9 Å². The van der Waals surface area contributed by atoms with Crippen LogP contribution >= 0.6 is 11.8 Å². The van der Waals surface area contributed by atoms with Crippen molar-refractivity contribution in [3.05, 3.63) is 47.4 Å². The van der Waals surface area contributed by atoms with Gasteiger partial charge in [0.25, 0.3) is 5.91 Å². The first kappa shape index (κ1) is 18.7. The van der Waals surface area contributed by atoms with E-state index in [-0.39, 0.29) is 12.0 Å². The maximum absolute atomic E-state index is 12.9. The van der Waals surface area contributed by atoms with Crippen LogP contribution in [-0.4, -0.2) is 45.7 Å². The molecule has 0 spiro atoms. The van der Waals surface area contributed by atoms with Crippen LogP contribution in [0, 0.1) is 13.8 Å². The highest BCUT2D eigenvalue weighted by molar-refractivity contribution is 7.99. The molecule has 1 aromatic heterocycles. The SMILES string of the molecule is CCSc1ccccc1C(=O)N1CCC(Oc2cc(C)nc(C)n2)CC1. The number of piperidine rings is 1. The third-order valence-electron chi connectivity index (χ3n) is 4.38. The number of nitrogens with zero attached hydrogens (tertiary/aromatic N) is 3. The number of likely N-dealkylation sites (tertiary alicyclic amines) is 1. The average molecular weight is 372 g/mol. The molecule has 1 amide bonds. The molecule has 26 heavy (non-hydrogen) atoms. The first-order valence-corrected chi connectivity index (χ1v) is 10.1. The number of hydrogen-bond donors (Lipinski definition) is 0. The van der Waals surface area contributed by atoms with Crippen LogP contribution in [0.15, 0.2) is 35.2 Å². The van der Waals surface area contributed by atoms with Crippen LogP contribution in [0.2, 0.25) is 0 Å². The first-order valence-electron chi connectivity index (χ1n) is 9.07. The molecule has 2 aromatic rings. The number of ether oxygens (including phenoxy) is 1. The van der Waals surface area contributed by atoms with Crippen molar-refractivity contribution in [2.24, 2.45) is 0 Å². The van der Waals surface area contributed by atoms with Crippen molar-refractivity contribution in [1.82, 2.24) is 14.9 Å². The predicted octanol–water partition coefficient (Wildman–Crippen LogP) is 3.89. The van der Waals surface area contributed by atoms with Crippen LogP contribution in [0.5, 0.6) is 5.88 Å². The Labute approximate surface area is 159 Å². The van der Waals surface area contributed by atoms with Crippen LogP contribution in [0.25, 0.3) is 0 Å². The van der Waals surface area contributed by atoms with Crippen molar-refractivity contribution < 1.29 is 9.53 Å². The Kier molecular flexibility index (Phi) is 6.14. The van der Waals surface area contributed by atoms with Gasteiger partial charge in [0.15, 0.2) is 0 Å². The highest BCUT2D eigenvalue weighted by atomic mass is 32.2. The Morgan fingerprint density at radius 2 is 1.96 bits per heavy atom. The van der Waals surface area contributed by atoms with Gasteiger partial charge in [0.05, 0.1) is 5.56 Å². The fourth-order valence-electron chi connectivity index (χ4n) is 3.19. The summed E-state index contributed by atoms with van der Waals surface area (Å²) >= 11 is 1.71. The Morgan fingerprint density at radius 3 is 2.65 bits per heavy atom. The number of amides is 1. The van der Waals surface area contributed by atoms with Crippen LogP contribution in [0.3, 0.4) is 0 Å². The Morgan fingerprint density at radius 1 is 1.23 bits per heavy atom. The summed E-state index contributed by atoms with van der Waals surface area (Å²) in [4.78, 5) is 24.5. The molecule has 2 heterocycles. The summed E-state index contributed by atoms with van der Waals surface area (Å²) in [6, 6.07) is 9.73. The largest absolute Gasteiger partial charge is 0.474 e. The molecule has 1 aliphatic heterocycles. The zero-order chi connectivity index (χ0) is 18.5. The van der Waals surface area contributed by atoms with Gasteiger partial charge in [-0.05, 0) is 31.7 Å². The standard InChI is InChI=1S/C20H25N3O2S/c1-4-26-18-8-6-5-7-17(18)20(24)23-11-9-16(10-12-23)25-19-13-14(2)21-15(3)22-19/h5-8,13,16H,4,9-12H2,1-3H3. The average Bonchev–Trinajstić information content (AvgIpc) is 2.62. The molecule has 1 aliphatic rings. The second-order valence-electron chi connectivity index (χ2n) is 6.43. The minimum Gasteiger partial charge on any atom is -0.474 e. The van der Waals surface area contributed by atoms with Gasteiger partial charge in [-0.25, -0.2) is 4.98 Å². The third-order valence-corrected chi connectivity index (χ3v) is 5.33. The van der Waals surface area contributed by atoms with E-state index < -0.39 is 0 Å². The lowest BCUT2D eigenvalue weighted by Crippen LogP contribution is -2.42. The molecule has 0 N–H and O–H groups in total. The normalized spacial score (nSPS) is 15.1. The molecule has 1 saturated heterocycles. The number of rotatable bonds is 5. The minimum absolute atomic E-state index is 0.0908. The zero-order valence-corrected chi connectivity index (χ0v) is 16.4. The molecule has 0 radical (unpaired) electrons. The van der Waals surface area contributed by atoms with Crippen molar-refractivity contribution in [3.63, 3.8) is 0 Å². The molecule has 138 valence electrons. The van der Waals surface area contributed by atoms with Gasteiger partial charge in [0, 0.05) is 42.6 Å². The molecule has 0 bridgehead atoms. The molecule has 0 atom stereocenters. The van der Waals surface area contributed by atoms with E-state index in [1.54, 1.807) is 11.8 Å². The van der Waals surface area contributed by atoms with Crippen molar-refractivity contribution in [2.45, 2.75) is 44.6 Å². The summed E-state index contributed by atoms with van der Waals surface area (Å²) in [5.41, 5.74) is 1.71. The maximum Gasteiger partial charge on any atom is 0.254 e. The molecule has 0 aliphatic carbocycles. The molecule has 0 unspecified atom stereocenters. The van der Waals surface area contributed by atoms with Gasteiger partial charge in [-0.2, -0.15) is 4.98 Å². The van der Waals surface area contributed by atoms with E-state index in [2.05, 4.69) is 16.9 Å². The Bertz CT molecular complexity index is 753. The lowest BCUT2D eigenvalue weighted by molar-refractivity contribution is 0.0584. The summed E-state index contributed by atoms with van der Waals surface area (Å²) in [5.74, 6) is 2.42. The second-order valence-corrected chi connectivity index (χ2v) is 7.74. The smallest absolute Gasteiger partial charge is 0.254 e. The highest BCUT2D eigenvalue weighted by Crippen LogP contribution is 2.25. The number of thioether (sulfide) groups is 1. The fourth-order valence-corrected chi connectivity index (χ4v) is 3.98. The van der Waals surface area contributed by atoms with Gasteiger partial charge in [0.2, 0.25) is 5.88 Å². The summed E-state index contributed by atoms with van der Waals surface area (Å²) in [6.07, 6.45) is 1.72. The number of aryl methyl sites for hydroxylation is 2. The van der Waals surface area contributed by atoms with Crippen molar-refractivity contribution in [1.29, 1.82) is 0 Å². The molecule has 6 heteroatoms. The van der Waals surface area contributed by atoms with E-state index in [1.165, 1.54) is 0 Å². The zero-order valence-electron chi connectivity index (χ0n) is 15.6. The van der Waals surface area contributed by atoms with E-state index in [1.807, 2.05) is 49.1 Å². The predicted molar refractivity (Wildman–Crippen MR) is 104 cm³/mol. The topological polar surface area (TPSA) is 55.3 Å². The summed E-state index contributed by atoms with van der Waals surface area (Å²) in [6.45, 7) is 7.32. The number of hydrogen-bond acceptors (Lipinski definition) is 5. The van der Waals surface area contributed by atoms with E-state index >= 15 is 0 Å². The number of aromatic nitrogens is 2. The molecule has 5 nitrogen and oxygen atoms in total. The Balaban J connectivity index is 1.60. The van der Waals surface area contributed by atoms with Gasteiger partial charge in [-0.1, -0.05) is 19.1 Å². The summed E-state index contributed by atoms with van der Waals surface area (Å²) < 4.78 is 6.02. The lowest BCUT2D eigenvalue weighted by atomic mass is 10.1. The maximum atomic E-state index is 12.9. The van der Waals surface area contributed by atoms with E-state index in [9.17, 15) is 4.79 Å². The quantitative estimate of drug-likeness (QED) is 0.747. The van der Waals surface area contributed by atoms with Crippen LogP contribution in [-0.2, 0) is 0 Å². The van der Waals surface area contributed by atoms with Crippen LogP contribution < -0.4 is 4.74 Å². The molecular formula is C20H25N3O2S. The van der Waals surface area contributed by atoms with Gasteiger partial charge in [-0.15, -0.1) is 11.8 Å². The summed E-state index contributed by atoms with van der Waals surface area (Å²) in [5, 5.41) is 0. The monoisotopic (exact) mass is 371 g/mol. The summed E-state index contributed by atoms with van der Waals surface area (Å²) in [7, 11) is 0.